The predicted octanol–water partition coefficient (Wildman–Crippen LogP) is 3.19. The molecule has 0 saturated carbocycles. The SMILES string of the molecule is O=C(Cn1nnc(-c2cccs2)n1)Nc1cccc2ccccc12. The number of nitrogens with zero attached hydrogens (tertiary/aromatic N) is 4. The lowest BCUT2D eigenvalue weighted by Crippen LogP contribution is -2.20. The van der Waals surface area contributed by atoms with Gasteiger partial charge in [-0.15, -0.1) is 21.5 Å². The molecule has 1 N–H and O–H groups in total. The summed E-state index contributed by atoms with van der Waals surface area (Å²) in [6.45, 7) is 0.0155. The number of nitrogens with one attached hydrogen (secondary N) is 1. The van der Waals surface area contributed by atoms with E-state index in [0.29, 0.717) is 5.82 Å². The van der Waals surface area contributed by atoms with Gasteiger partial charge in [-0.3, -0.25) is 4.79 Å². The van der Waals surface area contributed by atoms with Crippen LogP contribution in [-0.4, -0.2) is 26.1 Å². The molecule has 0 spiro atoms. The Morgan fingerprint density at radius 3 is 2.83 bits per heavy atom. The molecule has 4 rings (SSSR count). The second-order valence-corrected chi connectivity index (χ2v) is 6.14. The van der Waals surface area contributed by atoms with E-state index in [1.165, 1.54) is 16.1 Å². The lowest BCUT2D eigenvalue weighted by Gasteiger charge is -2.08. The number of benzene rings is 2. The maximum atomic E-state index is 12.3. The number of amides is 1. The average molecular weight is 335 g/mol. The zero-order valence-electron chi connectivity index (χ0n) is 12.6. The van der Waals surface area contributed by atoms with Gasteiger partial charge >= 0.3 is 0 Å². The van der Waals surface area contributed by atoms with Crippen LogP contribution in [0.3, 0.4) is 0 Å². The van der Waals surface area contributed by atoms with Gasteiger partial charge in [0.05, 0.1) is 4.88 Å². The minimum Gasteiger partial charge on any atom is -0.324 e. The Hall–Kier alpha value is -3.06. The van der Waals surface area contributed by atoms with Crippen molar-refractivity contribution in [1.82, 2.24) is 20.2 Å². The molecule has 1 amide bonds. The third-order valence-corrected chi connectivity index (χ3v) is 4.41. The molecular weight excluding hydrogens is 322 g/mol. The Morgan fingerprint density at radius 1 is 1.08 bits per heavy atom. The third-order valence-electron chi connectivity index (χ3n) is 3.54. The van der Waals surface area contributed by atoms with Gasteiger partial charge in [-0.25, -0.2) is 0 Å². The van der Waals surface area contributed by atoms with Crippen LogP contribution in [0, 0.1) is 0 Å². The van der Waals surface area contributed by atoms with Crippen LogP contribution in [0.5, 0.6) is 0 Å². The van der Waals surface area contributed by atoms with E-state index in [0.717, 1.165) is 21.3 Å². The summed E-state index contributed by atoms with van der Waals surface area (Å²) in [7, 11) is 0. The largest absolute Gasteiger partial charge is 0.324 e. The number of tetrazole rings is 1. The Labute approximate surface area is 141 Å². The Bertz CT molecular complexity index is 988. The van der Waals surface area contributed by atoms with E-state index in [2.05, 4.69) is 20.7 Å². The summed E-state index contributed by atoms with van der Waals surface area (Å²) in [5.74, 6) is 0.337. The first-order valence-electron chi connectivity index (χ1n) is 7.39. The number of aromatic nitrogens is 4. The van der Waals surface area contributed by atoms with Crippen LogP contribution in [0.1, 0.15) is 0 Å². The molecule has 4 aromatic rings. The first-order chi connectivity index (χ1) is 11.8. The highest BCUT2D eigenvalue weighted by molar-refractivity contribution is 7.13. The minimum absolute atomic E-state index is 0.0155. The molecule has 0 saturated heterocycles. The predicted molar refractivity (Wildman–Crippen MR) is 93.7 cm³/mol. The van der Waals surface area contributed by atoms with Gasteiger partial charge in [-0.1, -0.05) is 42.5 Å². The Kier molecular flexibility index (Phi) is 3.76. The molecule has 0 aliphatic heterocycles. The number of carbonyl (C=O) groups is 1. The number of rotatable bonds is 4. The molecule has 2 aromatic heterocycles. The van der Waals surface area contributed by atoms with Crippen molar-refractivity contribution in [2.75, 3.05) is 5.32 Å². The third kappa shape index (κ3) is 2.89. The fourth-order valence-electron chi connectivity index (χ4n) is 2.47. The van der Waals surface area contributed by atoms with Crippen molar-refractivity contribution in [2.24, 2.45) is 0 Å². The van der Waals surface area contributed by atoms with E-state index >= 15 is 0 Å². The van der Waals surface area contributed by atoms with Crippen LogP contribution in [0.25, 0.3) is 21.5 Å². The van der Waals surface area contributed by atoms with Gasteiger partial charge < -0.3 is 5.32 Å². The van der Waals surface area contributed by atoms with Gasteiger partial charge in [0.2, 0.25) is 11.7 Å². The molecule has 24 heavy (non-hydrogen) atoms. The molecule has 0 aliphatic rings. The van der Waals surface area contributed by atoms with Crippen molar-refractivity contribution >= 4 is 33.7 Å². The number of anilines is 1. The lowest BCUT2D eigenvalue weighted by molar-refractivity contribution is -0.117. The summed E-state index contributed by atoms with van der Waals surface area (Å²) in [6, 6.07) is 17.6. The highest BCUT2D eigenvalue weighted by atomic mass is 32.1. The van der Waals surface area contributed by atoms with Crippen LogP contribution in [-0.2, 0) is 11.3 Å². The van der Waals surface area contributed by atoms with E-state index in [4.69, 9.17) is 0 Å². The number of thiophene rings is 1. The molecule has 0 unspecified atom stereocenters. The maximum Gasteiger partial charge on any atom is 0.248 e. The molecule has 0 radical (unpaired) electrons. The highest BCUT2D eigenvalue weighted by Crippen LogP contribution is 2.23. The molecule has 2 aromatic carbocycles. The molecule has 0 bridgehead atoms. The first-order valence-corrected chi connectivity index (χ1v) is 8.27. The number of hydrogen-bond acceptors (Lipinski definition) is 5. The highest BCUT2D eigenvalue weighted by Gasteiger charge is 2.11. The number of fused-ring (bicyclic) bond motifs is 1. The molecule has 118 valence electrons. The van der Waals surface area contributed by atoms with Gasteiger partial charge in [0.15, 0.2) is 0 Å². The second-order valence-electron chi connectivity index (χ2n) is 5.20. The summed E-state index contributed by atoms with van der Waals surface area (Å²) in [4.78, 5) is 14.5. The number of hydrogen-bond donors (Lipinski definition) is 1. The van der Waals surface area contributed by atoms with Crippen molar-refractivity contribution in [1.29, 1.82) is 0 Å². The van der Waals surface area contributed by atoms with Crippen molar-refractivity contribution in [3.8, 4) is 10.7 Å². The molecule has 0 atom stereocenters. The Morgan fingerprint density at radius 2 is 1.96 bits per heavy atom. The normalized spacial score (nSPS) is 10.8. The topological polar surface area (TPSA) is 72.7 Å². The molecular formula is C17H13N5OS. The monoisotopic (exact) mass is 335 g/mol. The fraction of sp³-hybridized carbons (Fsp3) is 0.0588. The van der Waals surface area contributed by atoms with E-state index in [1.807, 2.05) is 60.0 Å². The van der Waals surface area contributed by atoms with E-state index in [1.54, 1.807) is 0 Å². The van der Waals surface area contributed by atoms with Gasteiger partial charge in [-0.05, 0) is 28.1 Å². The van der Waals surface area contributed by atoms with Crippen molar-refractivity contribution in [2.45, 2.75) is 6.54 Å². The standard InChI is InChI=1S/C17H13N5OS/c23-16(11-22-20-17(19-21-22)15-9-4-10-24-15)18-14-8-3-6-12-5-1-2-7-13(12)14/h1-10H,11H2,(H,18,23). The van der Waals surface area contributed by atoms with Gasteiger partial charge in [0.25, 0.3) is 0 Å². The summed E-state index contributed by atoms with van der Waals surface area (Å²) < 4.78 is 0. The average Bonchev–Trinajstić information content (AvgIpc) is 3.26. The zero-order valence-corrected chi connectivity index (χ0v) is 13.4. The quantitative estimate of drug-likeness (QED) is 0.621. The molecule has 6 nitrogen and oxygen atoms in total. The summed E-state index contributed by atoms with van der Waals surface area (Å²) in [5.41, 5.74) is 0.775. The van der Waals surface area contributed by atoms with E-state index in [-0.39, 0.29) is 12.5 Å². The first kappa shape index (κ1) is 14.5. The maximum absolute atomic E-state index is 12.3. The van der Waals surface area contributed by atoms with Gasteiger partial charge in [0.1, 0.15) is 6.54 Å². The van der Waals surface area contributed by atoms with Gasteiger partial charge in [0, 0.05) is 11.1 Å². The molecule has 7 heteroatoms. The molecule has 2 heterocycles. The second kappa shape index (κ2) is 6.21. The lowest BCUT2D eigenvalue weighted by atomic mass is 10.1. The van der Waals surface area contributed by atoms with Crippen LogP contribution in [0.4, 0.5) is 5.69 Å². The van der Waals surface area contributed by atoms with E-state index < -0.39 is 0 Å². The van der Waals surface area contributed by atoms with Crippen molar-refractivity contribution < 1.29 is 4.79 Å². The van der Waals surface area contributed by atoms with E-state index in [9.17, 15) is 4.79 Å². The molecule has 0 aliphatic carbocycles. The van der Waals surface area contributed by atoms with Crippen molar-refractivity contribution in [3.63, 3.8) is 0 Å². The van der Waals surface area contributed by atoms with Crippen molar-refractivity contribution in [3.05, 3.63) is 60.0 Å². The summed E-state index contributed by atoms with van der Waals surface area (Å²) >= 11 is 1.53. The Balaban J connectivity index is 1.50. The van der Waals surface area contributed by atoms with Gasteiger partial charge in [-0.2, -0.15) is 4.80 Å². The summed E-state index contributed by atoms with van der Waals surface area (Å²) in [5, 5.41) is 19.1. The smallest absolute Gasteiger partial charge is 0.248 e. The minimum atomic E-state index is -0.193. The summed E-state index contributed by atoms with van der Waals surface area (Å²) in [6.07, 6.45) is 0. The zero-order chi connectivity index (χ0) is 16.4. The van der Waals surface area contributed by atoms with Crippen LogP contribution in [0.15, 0.2) is 60.0 Å². The van der Waals surface area contributed by atoms with Crippen LogP contribution in [0.2, 0.25) is 0 Å². The molecule has 0 fully saturated rings. The van der Waals surface area contributed by atoms with Crippen LogP contribution >= 0.6 is 11.3 Å². The fourth-order valence-corrected chi connectivity index (χ4v) is 3.12. The van der Waals surface area contributed by atoms with Crippen LogP contribution < -0.4 is 5.32 Å². The number of carbonyl (C=O) groups excluding carboxylic acids is 1.